The van der Waals surface area contributed by atoms with Crippen LogP contribution in [0.3, 0.4) is 0 Å². The second-order valence-electron chi connectivity index (χ2n) is 5.26. The van der Waals surface area contributed by atoms with Crippen LogP contribution in [0.25, 0.3) is 11.1 Å². The Morgan fingerprint density at radius 1 is 1.12 bits per heavy atom. The van der Waals surface area contributed by atoms with Gasteiger partial charge in [0.2, 0.25) is 0 Å². The van der Waals surface area contributed by atoms with E-state index < -0.39 is 11.5 Å². The largest absolute Gasteiger partial charge is 0.495 e. The van der Waals surface area contributed by atoms with E-state index >= 15 is 0 Å². The number of anilines is 1. The number of hydrogen-bond acceptors (Lipinski definition) is 3. The van der Waals surface area contributed by atoms with Crippen molar-refractivity contribution in [2.75, 3.05) is 12.4 Å². The van der Waals surface area contributed by atoms with Gasteiger partial charge in [-0.3, -0.25) is 9.59 Å². The van der Waals surface area contributed by atoms with Gasteiger partial charge < -0.3 is 15.0 Å². The molecule has 3 aromatic rings. The summed E-state index contributed by atoms with van der Waals surface area (Å²) in [5.41, 5.74) is 1.26. The van der Waals surface area contributed by atoms with E-state index in [-0.39, 0.29) is 5.56 Å². The molecule has 126 valence electrons. The number of H-pyrrole nitrogens is 1. The van der Waals surface area contributed by atoms with E-state index in [2.05, 4.69) is 10.3 Å². The molecule has 0 fully saturated rings. The molecule has 6 heteroatoms. The molecule has 0 aliphatic rings. The van der Waals surface area contributed by atoms with Crippen molar-refractivity contribution in [1.29, 1.82) is 0 Å². The van der Waals surface area contributed by atoms with Gasteiger partial charge in [-0.25, -0.2) is 0 Å². The molecule has 0 radical (unpaired) electrons. The molecule has 2 N–H and O–H groups in total. The van der Waals surface area contributed by atoms with Crippen molar-refractivity contribution in [3.63, 3.8) is 0 Å². The molecule has 1 amide bonds. The minimum Gasteiger partial charge on any atom is -0.495 e. The lowest BCUT2D eigenvalue weighted by Crippen LogP contribution is -2.24. The zero-order valence-electron chi connectivity index (χ0n) is 13.4. The molecule has 0 spiro atoms. The molecule has 0 atom stereocenters. The van der Waals surface area contributed by atoms with E-state index in [4.69, 9.17) is 16.3 Å². The molecular formula is C19H15ClN2O3. The standard InChI is InChI=1S/C19H15ClN2O3/c1-25-16-8-7-13(20)11-15(16)22-19(24)17-14(9-10-21-18(17)23)12-5-3-2-4-6-12/h2-11H,1H3,(H,21,23)(H,22,24). The van der Waals surface area contributed by atoms with Crippen LogP contribution in [-0.2, 0) is 0 Å². The summed E-state index contributed by atoms with van der Waals surface area (Å²) in [6.07, 6.45) is 1.52. The van der Waals surface area contributed by atoms with Crippen LogP contribution in [-0.4, -0.2) is 18.0 Å². The molecular weight excluding hydrogens is 340 g/mol. The van der Waals surface area contributed by atoms with Crippen LogP contribution in [0.15, 0.2) is 65.6 Å². The van der Waals surface area contributed by atoms with Crippen molar-refractivity contribution in [2.24, 2.45) is 0 Å². The number of aromatic nitrogens is 1. The van der Waals surface area contributed by atoms with Crippen molar-refractivity contribution >= 4 is 23.2 Å². The van der Waals surface area contributed by atoms with Gasteiger partial charge in [-0.1, -0.05) is 41.9 Å². The third-order valence-corrected chi connectivity index (χ3v) is 3.92. The Kier molecular flexibility index (Phi) is 4.86. The van der Waals surface area contributed by atoms with Crippen LogP contribution in [0, 0.1) is 0 Å². The highest BCUT2D eigenvalue weighted by Gasteiger charge is 2.18. The molecule has 0 bridgehead atoms. The molecule has 1 heterocycles. The lowest BCUT2D eigenvalue weighted by Gasteiger charge is -2.12. The Morgan fingerprint density at radius 2 is 1.88 bits per heavy atom. The van der Waals surface area contributed by atoms with Crippen LogP contribution in [0.2, 0.25) is 5.02 Å². The molecule has 2 aromatic carbocycles. The first-order chi connectivity index (χ1) is 12.1. The monoisotopic (exact) mass is 354 g/mol. The average Bonchev–Trinajstić information content (AvgIpc) is 2.62. The number of amides is 1. The van der Waals surface area contributed by atoms with Crippen molar-refractivity contribution < 1.29 is 9.53 Å². The summed E-state index contributed by atoms with van der Waals surface area (Å²) in [5, 5.41) is 3.15. The summed E-state index contributed by atoms with van der Waals surface area (Å²) in [5.74, 6) is -0.0901. The molecule has 5 nitrogen and oxygen atoms in total. The summed E-state index contributed by atoms with van der Waals surface area (Å²) < 4.78 is 5.22. The Labute approximate surface area is 149 Å². The maximum atomic E-state index is 12.8. The first-order valence-electron chi connectivity index (χ1n) is 7.52. The number of benzene rings is 2. The van der Waals surface area contributed by atoms with Gasteiger partial charge in [0.1, 0.15) is 11.3 Å². The maximum absolute atomic E-state index is 12.8. The number of pyridine rings is 1. The molecule has 0 aliphatic carbocycles. The second kappa shape index (κ2) is 7.23. The van der Waals surface area contributed by atoms with Gasteiger partial charge in [0.25, 0.3) is 11.5 Å². The van der Waals surface area contributed by atoms with Gasteiger partial charge in [0.15, 0.2) is 0 Å². The molecule has 0 unspecified atom stereocenters. The first kappa shape index (κ1) is 16.8. The number of methoxy groups -OCH3 is 1. The summed E-state index contributed by atoms with van der Waals surface area (Å²) in [4.78, 5) is 27.6. The van der Waals surface area contributed by atoms with Crippen molar-refractivity contribution in [3.8, 4) is 16.9 Å². The summed E-state index contributed by atoms with van der Waals surface area (Å²) in [6, 6.07) is 15.8. The summed E-state index contributed by atoms with van der Waals surface area (Å²) in [6.45, 7) is 0. The van der Waals surface area contributed by atoms with Crippen molar-refractivity contribution in [2.45, 2.75) is 0 Å². The summed E-state index contributed by atoms with van der Waals surface area (Å²) in [7, 11) is 1.49. The number of halogens is 1. The minimum atomic E-state index is -0.540. The number of carbonyl (C=O) groups is 1. The van der Waals surface area contributed by atoms with Gasteiger partial charge >= 0.3 is 0 Å². The Bertz CT molecular complexity index is 968. The minimum absolute atomic E-state index is 0.0238. The molecule has 0 aliphatic heterocycles. The topological polar surface area (TPSA) is 71.2 Å². The zero-order valence-corrected chi connectivity index (χ0v) is 14.1. The fraction of sp³-hybridized carbons (Fsp3) is 0.0526. The van der Waals surface area contributed by atoms with Crippen LogP contribution >= 0.6 is 11.6 Å². The van der Waals surface area contributed by atoms with Crippen LogP contribution < -0.4 is 15.6 Å². The van der Waals surface area contributed by atoms with Crippen LogP contribution in [0.5, 0.6) is 5.75 Å². The lowest BCUT2D eigenvalue weighted by molar-refractivity contribution is 0.102. The molecule has 3 rings (SSSR count). The quantitative estimate of drug-likeness (QED) is 0.745. The third kappa shape index (κ3) is 3.56. The number of aromatic amines is 1. The number of carbonyl (C=O) groups excluding carboxylic acids is 1. The lowest BCUT2D eigenvalue weighted by atomic mass is 10.0. The Hall–Kier alpha value is -3.05. The fourth-order valence-corrected chi connectivity index (χ4v) is 2.70. The van der Waals surface area contributed by atoms with E-state index in [1.54, 1.807) is 24.3 Å². The van der Waals surface area contributed by atoms with Crippen LogP contribution in [0.1, 0.15) is 10.4 Å². The maximum Gasteiger partial charge on any atom is 0.262 e. The molecule has 1 aromatic heterocycles. The van der Waals surface area contributed by atoms with E-state index in [0.717, 1.165) is 5.56 Å². The number of nitrogens with one attached hydrogen (secondary N) is 2. The first-order valence-corrected chi connectivity index (χ1v) is 7.90. The van der Waals surface area contributed by atoms with Gasteiger partial charge in [-0.15, -0.1) is 0 Å². The average molecular weight is 355 g/mol. The van der Waals surface area contributed by atoms with E-state index in [0.29, 0.717) is 22.0 Å². The Balaban J connectivity index is 2.04. The highest BCUT2D eigenvalue weighted by atomic mass is 35.5. The van der Waals surface area contributed by atoms with Gasteiger partial charge in [-0.2, -0.15) is 0 Å². The van der Waals surface area contributed by atoms with Gasteiger partial charge in [-0.05, 0) is 29.8 Å². The molecule has 25 heavy (non-hydrogen) atoms. The summed E-state index contributed by atoms with van der Waals surface area (Å²) >= 11 is 5.99. The smallest absolute Gasteiger partial charge is 0.262 e. The normalized spacial score (nSPS) is 10.3. The number of hydrogen-bond donors (Lipinski definition) is 2. The van der Waals surface area contributed by atoms with Gasteiger partial charge in [0.05, 0.1) is 12.8 Å². The van der Waals surface area contributed by atoms with Crippen molar-refractivity contribution in [1.82, 2.24) is 4.98 Å². The molecule has 0 saturated carbocycles. The van der Waals surface area contributed by atoms with E-state index in [1.807, 2.05) is 30.3 Å². The van der Waals surface area contributed by atoms with Gasteiger partial charge in [0, 0.05) is 16.8 Å². The van der Waals surface area contributed by atoms with E-state index in [9.17, 15) is 9.59 Å². The molecule has 0 saturated heterocycles. The van der Waals surface area contributed by atoms with Crippen LogP contribution in [0.4, 0.5) is 5.69 Å². The Morgan fingerprint density at radius 3 is 2.60 bits per heavy atom. The highest BCUT2D eigenvalue weighted by Crippen LogP contribution is 2.29. The predicted octanol–water partition coefficient (Wildman–Crippen LogP) is 3.96. The zero-order chi connectivity index (χ0) is 17.8. The number of rotatable bonds is 4. The fourth-order valence-electron chi connectivity index (χ4n) is 2.52. The number of ether oxygens (including phenoxy) is 1. The SMILES string of the molecule is COc1ccc(Cl)cc1NC(=O)c1c(-c2ccccc2)cc[nH]c1=O. The predicted molar refractivity (Wildman–Crippen MR) is 98.5 cm³/mol. The highest BCUT2D eigenvalue weighted by molar-refractivity contribution is 6.31. The van der Waals surface area contributed by atoms with E-state index in [1.165, 1.54) is 13.3 Å². The second-order valence-corrected chi connectivity index (χ2v) is 5.70. The third-order valence-electron chi connectivity index (χ3n) is 3.68. The van der Waals surface area contributed by atoms with Crippen molar-refractivity contribution in [3.05, 3.63) is 81.7 Å².